The van der Waals surface area contributed by atoms with E-state index in [-0.39, 0.29) is 5.91 Å². The number of rotatable bonds is 6. The van der Waals surface area contributed by atoms with Crippen molar-refractivity contribution in [3.05, 3.63) is 55.6 Å². The highest BCUT2D eigenvalue weighted by molar-refractivity contribution is 8.01. The number of nitrogens with zero attached hydrogens (tertiary/aromatic N) is 3. The first kappa shape index (κ1) is 18.6. The zero-order valence-electron chi connectivity index (χ0n) is 13.2. The molecule has 3 rings (SSSR count). The monoisotopic (exact) mass is 427 g/mol. The second-order valence-corrected chi connectivity index (χ2v) is 9.77. The van der Waals surface area contributed by atoms with Crippen molar-refractivity contribution in [2.24, 2.45) is 0 Å². The van der Waals surface area contributed by atoms with Gasteiger partial charge in [-0.3, -0.25) is 4.79 Å². The Kier molecular flexibility index (Phi) is 6.29. The molecule has 0 radical (unpaired) electrons. The van der Waals surface area contributed by atoms with Crippen molar-refractivity contribution in [2.75, 3.05) is 12.8 Å². The number of carbonyl (C=O) groups excluding carboxylic acids is 1. The third kappa shape index (κ3) is 4.92. The molecule has 130 valence electrons. The zero-order valence-corrected chi connectivity index (χ0v) is 17.2. The Morgan fingerprint density at radius 1 is 1.28 bits per heavy atom. The van der Waals surface area contributed by atoms with Crippen LogP contribution in [-0.4, -0.2) is 33.4 Å². The number of thioether (sulfide) groups is 1. The molecule has 0 unspecified atom stereocenters. The van der Waals surface area contributed by atoms with Crippen LogP contribution in [0.15, 0.2) is 46.8 Å². The lowest BCUT2D eigenvalue weighted by molar-refractivity contribution is -0.127. The van der Waals surface area contributed by atoms with Crippen molar-refractivity contribution >= 4 is 64.2 Å². The molecular formula is C16H14ClN3OS4. The summed E-state index contributed by atoms with van der Waals surface area (Å²) in [5.74, 6) is 0.370. The van der Waals surface area contributed by atoms with E-state index in [2.05, 4.69) is 5.10 Å². The van der Waals surface area contributed by atoms with Gasteiger partial charge in [0.2, 0.25) is 5.91 Å². The number of carbonyl (C=O) groups is 1. The SMILES string of the molecule is CN(Cc1ccc(Cl)s1)C(=O)CSc1nn(-c2ccccc2)c(=S)s1. The molecule has 2 aromatic heterocycles. The molecule has 1 amide bonds. The Labute approximate surface area is 168 Å². The summed E-state index contributed by atoms with van der Waals surface area (Å²) in [6.45, 7) is 0.560. The molecule has 0 saturated carbocycles. The van der Waals surface area contributed by atoms with Gasteiger partial charge in [-0.1, -0.05) is 52.9 Å². The first-order valence-electron chi connectivity index (χ1n) is 7.29. The Balaban J connectivity index is 1.60. The predicted molar refractivity (Wildman–Crippen MR) is 109 cm³/mol. The summed E-state index contributed by atoms with van der Waals surface area (Å²) < 4.78 is 3.92. The number of amides is 1. The maximum absolute atomic E-state index is 12.3. The minimum absolute atomic E-state index is 0.0434. The van der Waals surface area contributed by atoms with Crippen molar-refractivity contribution in [1.82, 2.24) is 14.7 Å². The van der Waals surface area contributed by atoms with E-state index in [1.165, 1.54) is 34.4 Å². The van der Waals surface area contributed by atoms with Crippen molar-refractivity contribution in [2.45, 2.75) is 10.9 Å². The zero-order chi connectivity index (χ0) is 17.8. The number of halogens is 1. The second-order valence-electron chi connectivity index (χ2n) is 5.13. The van der Waals surface area contributed by atoms with Crippen LogP contribution >= 0.6 is 58.3 Å². The maximum Gasteiger partial charge on any atom is 0.233 e. The summed E-state index contributed by atoms with van der Waals surface area (Å²) in [5, 5.41) is 4.51. The van der Waals surface area contributed by atoms with E-state index in [0.717, 1.165) is 19.2 Å². The summed E-state index contributed by atoms with van der Waals surface area (Å²) in [5.41, 5.74) is 0.925. The van der Waals surface area contributed by atoms with E-state index in [0.29, 0.717) is 16.3 Å². The van der Waals surface area contributed by atoms with Crippen LogP contribution in [0.25, 0.3) is 5.69 Å². The Morgan fingerprint density at radius 3 is 2.72 bits per heavy atom. The third-order valence-electron chi connectivity index (χ3n) is 3.30. The topological polar surface area (TPSA) is 38.1 Å². The molecule has 1 aromatic carbocycles. The molecule has 0 bridgehead atoms. The largest absolute Gasteiger partial charge is 0.340 e. The molecule has 4 nitrogen and oxygen atoms in total. The summed E-state index contributed by atoms with van der Waals surface area (Å²) in [4.78, 5) is 15.1. The third-order valence-corrected chi connectivity index (χ3v) is 6.86. The first-order chi connectivity index (χ1) is 12.0. The van der Waals surface area contributed by atoms with Gasteiger partial charge in [0.25, 0.3) is 0 Å². The van der Waals surface area contributed by atoms with Gasteiger partial charge in [-0.05, 0) is 36.5 Å². The highest BCUT2D eigenvalue weighted by Gasteiger charge is 2.13. The molecule has 3 aromatic rings. The fourth-order valence-corrected chi connectivity index (χ4v) is 5.49. The lowest BCUT2D eigenvalue weighted by Crippen LogP contribution is -2.27. The van der Waals surface area contributed by atoms with Crippen LogP contribution in [0.4, 0.5) is 0 Å². The van der Waals surface area contributed by atoms with E-state index in [9.17, 15) is 4.79 Å². The summed E-state index contributed by atoms with van der Waals surface area (Å²) >= 11 is 15.6. The van der Waals surface area contributed by atoms with Crippen molar-refractivity contribution < 1.29 is 4.79 Å². The number of thiophene rings is 1. The van der Waals surface area contributed by atoms with Crippen LogP contribution in [-0.2, 0) is 11.3 Å². The van der Waals surface area contributed by atoms with Gasteiger partial charge in [-0.15, -0.1) is 16.4 Å². The molecule has 0 N–H and O–H groups in total. The van der Waals surface area contributed by atoms with Crippen LogP contribution in [0.1, 0.15) is 4.88 Å². The van der Waals surface area contributed by atoms with Crippen molar-refractivity contribution in [3.8, 4) is 5.69 Å². The molecule has 2 heterocycles. The number of hydrogen-bond acceptors (Lipinski definition) is 6. The van der Waals surface area contributed by atoms with Gasteiger partial charge in [0, 0.05) is 11.9 Å². The van der Waals surface area contributed by atoms with Gasteiger partial charge in [0.05, 0.1) is 22.3 Å². The van der Waals surface area contributed by atoms with Crippen LogP contribution in [0.5, 0.6) is 0 Å². The number of aromatic nitrogens is 2. The highest BCUT2D eigenvalue weighted by Crippen LogP contribution is 2.25. The number of para-hydroxylation sites is 1. The Bertz CT molecular complexity index is 919. The van der Waals surface area contributed by atoms with Crippen molar-refractivity contribution in [3.63, 3.8) is 0 Å². The van der Waals surface area contributed by atoms with Gasteiger partial charge in [0.15, 0.2) is 8.29 Å². The van der Waals surface area contributed by atoms with Gasteiger partial charge in [-0.2, -0.15) is 0 Å². The Hall–Kier alpha value is -1.19. The number of benzene rings is 1. The Morgan fingerprint density at radius 2 is 2.04 bits per heavy atom. The molecule has 0 saturated heterocycles. The molecule has 0 spiro atoms. The standard InChI is InChI=1S/C16H14ClN3OS4/c1-19(9-12-7-8-13(17)24-12)14(21)10-23-15-18-20(16(22)25-15)11-5-3-2-4-6-11/h2-8H,9-10H2,1H3. The molecule has 9 heteroatoms. The first-order valence-corrected chi connectivity index (χ1v) is 10.7. The van der Waals surface area contributed by atoms with Crippen LogP contribution in [0.3, 0.4) is 0 Å². The van der Waals surface area contributed by atoms with Gasteiger partial charge in [-0.25, -0.2) is 4.68 Å². The highest BCUT2D eigenvalue weighted by atomic mass is 35.5. The normalized spacial score (nSPS) is 10.8. The van der Waals surface area contributed by atoms with E-state index in [1.54, 1.807) is 16.6 Å². The number of hydrogen-bond donors (Lipinski definition) is 0. The molecule has 0 aliphatic heterocycles. The summed E-state index contributed by atoms with van der Waals surface area (Å²) in [7, 11) is 1.79. The van der Waals surface area contributed by atoms with Gasteiger partial charge < -0.3 is 4.90 Å². The average molecular weight is 428 g/mol. The van der Waals surface area contributed by atoms with E-state index in [4.69, 9.17) is 23.8 Å². The smallest absolute Gasteiger partial charge is 0.233 e. The predicted octanol–water partition coefficient (Wildman–Crippen LogP) is 5.13. The minimum Gasteiger partial charge on any atom is -0.340 e. The fraction of sp³-hybridized carbons (Fsp3) is 0.188. The second kappa shape index (κ2) is 8.46. The molecule has 0 aliphatic carbocycles. The van der Waals surface area contributed by atoms with Gasteiger partial charge in [0.1, 0.15) is 0 Å². The van der Waals surface area contributed by atoms with Crippen LogP contribution in [0.2, 0.25) is 4.34 Å². The molecule has 0 aliphatic rings. The van der Waals surface area contributed by atoms with E-state index in [1.807, 2.05) is 42.5 Å². The molecular weight excluding hydrogens is 414 g/mol. The molecule has 0 atom stereocenters. The molecule has 25 heavy (non-hydrogen) atoms. The fourth-order valence-electron chi connectivity index (χ4n) is 2.04. The lowest BCUT2D eigenvalue weighted by atomic mass is 10.3. The summed E-state index contributed by atoms with van der Waals surface area (Å²) in [6.07, 6.45) is 0. The van der Waals surface area contributed by atoms with Crippen molar-refractivity contribution in [1.29, 1.82) is 0 Å². The minimum atomic E-state index is 0.0434. The average Bonchev–Trinajstić information content (AvgIpc) is 3.18. The van der Waals surface area contributed by atoms with Crippen LogP contribution in [0, 0.1) is 3.95 Å². The van der Waals surface area contributed by atoms with E-state index < -0.39 is 0 Å². The van der Waals surface area contributed by atoms with Crippen LogP contribution < -0.4 is 0 Å². The quantitative estimate of drug-likeness (QED) is 0.403. The summed E-state index contributed by atoms with van der Waals surface area (Å²) in [6, 6.07) is 13.5. The van der Waals surface area contributed by atoms with E-state index >= 15 is 0 Å². The lowest BCUT2D eigenvalue weighted by Gasteiger charge is -2.15. The van der Waals surface area contributed by atoms with Gasteiger partial charge >= 0.3 is 0 Å². The molecule has 0 fully saturated rings. The maximum atomic E-state index is 12.3.